The van der Waals surface area contributed by atoms with Gasteiger partial charge >= 0.3 is 0 Å². The summed E-state index contributed by atoms with van der Waals surface area (Å²) in [5.41, 5.74) is 1.48. The van der Waals surface area contributed by atoms with Gasteiger partial charge in [0.1, 0.15) is 11.9 Å². The van der Waals surface area contributed by atoms with Gasteiger partial charge in [-0.25, -0.2) is 17.7 Å². The summed E-state index contributed by atoms with van der Waals surface area (Å²) in [6.45, 7) is 6.88. The molecule has 188 valence electrons. The number of anilines is 1. The highest BCUT2D eigenvalue weighted by molar-refractivity contribution is 7.89. The molecule has 2 aliphatic rings. The molecule has 8 nitrogen and oxygen atoms in total. The topological polar surface area (TPSA) is 87.2 Å². The van der Waals surface area contributed by atoms with Crippen molar-refractivity contribution >= 4 is 27.5 Å². The van der Waals surface area contributed by atoms with Crippen LogP contribution in [-0.2, 0) is 24.3 Å². The summed E-state index contributed by atoms with van der Waals surface area (Å²) in [5, 5.41) is 0. The summed E-state index contributed by atoms with van der Waals surface area (Å²) in [6, 6.07) is 10.4. The summed E-state index contributed by atoms with van der Waals surface area (Å²) in [5.74, 6) is -1.31. The number of carbonyl (C=O) groups is 2. The van der Waals surface area contributed by atoms with Gasteiger partial charge in [0.2, 0.25) is 15.9 Å². The SMILES string of the molecule is CC(C)c1ccc(N2C(=O)CC(N(CCN3CCOCC3)S(=O)(=O)c3ccc(F)cc3)C2=O)cc1. The lowest BCUT2D eigenvalue weighted by atomic mass is 10.0. The Labute approximate surface area is 205 Å². The van der Waals surface area contributed by atoms with E-state index in [-0.39, 0.29) is 17.9 Å². The van der Waals surface area contributed by atoms with Crippen LogP contribution in [0.4, 0.5) is 10.1 Å². The number of hydrogen-bond donors (Lipinski definition) is 0. The van der Waals surface area contributed by atoms with Crippen molar-refractivity contribution in [1.29, 1.82) is 0 Å². The smallest absolute Gasteiger partial charge is 0.252 e. The summed E-state index contributed by atoms with van der Waals surface area (Å²) in [6.07, 6.45) is -0.256. The predicted octanol–water partition coefficient (Wildman–Crippen LogP) is 2.60. The number of carbonyl (C=O) groups excluding carboxylic acids is 2. The highest BCUT2D eigenvalue weighted by atomic mass is 32.2. The van der Waals surface area contributed by atoms with Gasteiger partial charge in [0, 0.05) is 26.2 Å². The van der Waals surface area contributed by atoms with Crippen molar-refractivity contribution in [2.24, 2.45) is 0 Å². The number of ether oxygens (including phenoxy) is 1. The number of amides is 2. The fourth-order valence-corrected chi connectivity index (χ4v) is 5.94. The first-order valence-corrected chi connectivity index (χ1v) is 13.2. The molecule has 4 rings (SSSR count). The molecule has 0 radical (unpaired) electrons. The lowest BCUT2D eigenvalue weighted by Gasteiger charge is -2.31. The molecule has 2 amide bonds. The van der Waals surface area contributed by atoms with Gasteiger partial charge in [-0.1, -0.05) is 26.0 Å². The highest BCUT2D eigenvalue weighted by Gasteiger charge is 2.47. The van der Waals surface area contributed by atoms with Crippen LogP contribution in [0.1, 0.15) is 31.7 Å². The summed E-state index contributed by atoms with van der Waals surface area (Å²) in [7, 11) is -4.17. The summed E-state index contributed by atoms with van der Waals surface area (Å²) < 4.78 is 47.1. The van der Waals surface area contributed by atoms with Crippen molar-refractivity contribution in [2.45, 2.75) is 37.1 Å². The maximum atomic E-state index is 13.6. The van der Waals surface area contributed by atoms with Crippen molar-refractivity contribution in [2.75, 3.05) is 44.3 Å². The van der Waals surface area contributed by atoms with Crippen molar-refractivity contribution in [3.63, 3.8) is 0 Å². The van der Waals surface area contributed by atoms with Gasteiger partial charge in [-0.15, -0.1) is 0 Å². The summed E-state index contributed by atoms with van der Waals surface area (Å²) in [4.78, 5) is 29.4. The molecule has 2 aliphatic heterocycles. The van der Waals surface area contributed by atoms with E-state index in [0.717, 1.165) is 26.9 Å². The third kappa shape index (κ3) is 5.45. The van der Waals surface area contributed by atoms with Crippen LogP contribution in [0.5, 0.6) is 0 Å². The Morgan fingerprint density at radius 2 is 1.66 bits per heavy atom. The maximum absolute atomic E-state index is 13.6. The molecule has 0 saturated carbocycles. The van der Waals surface area contributed by atoms with Gasteiger partial charge in [0.05, 0.1) is 30.2 Å². The lowest BCUT2D eigenvalue weighted by Crippen LogP contribution is -2.49. The van der Waals surface area contributed by atoms with Crippen LogP contribution in [0.3, 0.4) is 0 Å². The number of halogens is 1. The van der Waals surface area contributed by atoms with Crippen LogP contribution in [0, 0.1) is 5.82 Å². The molecule has 2 aromatic rings. The molecule has 1 unspecified atom stereocenters. The molecule has 0 spiro atoms. The molecule has 0 N–H and O–H groups in total. The Kier molecular flexibility index (Phi) is 7.65. The van der Waals surface area contributed by atoms with Gasteiger partial charge in [0.15, 0.2) is 0 Å². The molecule has 0 bridgehead atoms. The number of nitrogens with zero attached hydrogens (tertiary/aromatic N) is 3. The van der Waals surface area contributed by atoms with Crippen molar-refractivity contribution < 1.29 is 27.1 Å². The monoisotopic (exact) mass is 503 g/mol. The molecule has 10 heteroatoms. The van der Waals surface area contributed by atoms with Crippen molar-refractivity contribution in [3.8, 4) is 0 Å². The highest BCUT2D eigenvalue weighted by Crippen LogP contribution is 2.30. The molecular weight excluding hydrogens is 473 g/mol. The molecule has 35 heavy (non-hydrogen) atoms. The van der Waals surface area contributed by atoms with Gasteiger partial charge in [-0.3, -0.25) is 14.5 Å². The molecular formula is C25H30FN3O5S. The van der Waals surface area contributed by atoms with E-state index >= 15 is 0 Å². The third-order valence-corrected chi connectivity index (χ3v) is 8.37. The standard InChI is InChI=1S/C25H30FN3O5S/c1-18(2)19-3-7-21(8-4-19)29-24(30)17-23(25(29)31)28(12-11-27-13-15-34-16-14-27)35(32,33)22-9-5-20(26)6-10-22/h3-10,18,23H,11-17H2,1-2H3. The zero-order valence-electron chi connectivity index (χ0n) is 19.9. The first kappa shape index (κ1) is 25.4. The number of benzene rings is 2. The number of rotatable bonds is 8. The van der Waals surface area contributed by atoms with Crippen molar-refractivity contribution in [1.82, 2.24) is 9.21 Å². The molecule has 0 aromatic heterocycles. The fourth-order valence-electron chi connectivity index (χ4n) is 4.37. The van der Waals surface area contributed by atoms with Crippen molar-refractivity contribution in [3.05, 3.63) is 59.9 Å². The molecule has 0 aliphatic carbocycles. The van der Waals surface area contributed by atoms with E-state index in [1.165, 1.54) is 12.1 Å². The first-order chi connectivity index (χ1) is 16.7. The maximum Gasteiger partial charge on any atom is 0.252 e. The third-order valence-electron chi connectivity index (χ3n) is 6.45. The second-order valence-electron chi connectivity index (χ2n) is 9.06. The van der Waals surface area contributed by atoms with Gasteiger partial charge in [-0.05, 0) is 47.9 Å². The minimum absolute atomic E-state index is 0.0174. The van der Waals surface area contributed by atoms with Crippen LogP contribution in [0.25, 0.3) is 0 Å². The second-order valence-corrected chi connectivity index (χ2v) is 10.9. The Balaban J connectivity index is 1.63. The second kappa shape index (κ2) is 10.5. The first-order valence-electron chi connectivity index (χ1n) is 11.7. The van der Waals surface area contributed by atoms with Crippen LogP contribution < -0.4 is 4.90 Å². The normalized spacial score (nSPS) is 19.8. The van der Waals surface area contributed by atoms with Crippen LogP contribution >= 0.6 is 0 Å². The van der Waals surface area contributed by atoms with Crippen LogP contribution in [-0.4, -0.2) is 74.9 Å². The van der Waals surface area contributed by atoms with E-state index < -0.39 is 33.7 Å². The molecule has 2 aromatic carbocycles. The Bertz CT molecular complexity index is 1160. The Hall–Kier alpha value is -2.66. The summed E-state index contributed by atoms with van der Waals surface area (Å²) >= 11 is 0. The van der Waals surface area contributed by atoms with E-state index in [9.17, 15) is 22.4 Å². The molecule has 2 saturated heterocycles. The quantitative estimate of drug-likeness (QED) is 0.515. The van der Waals surface area contributed by atoms with E-state index in [0.29, 0.717) is 44.5 Å². The number of hydrogen-bond acceptors (Lipinski definition) is 6. The van der Waals surface area contributed by atoms with E-state index in [2.05, 4.69) is 4.90 Å². The zero-order valence-corrected chi connectivity index (χ0v) is 20.7. The predicted molar refractivity (Wildman–Crippen MR) is 129 cm³/mol. The largest absolute Gasteiger partial charge is 0.379 e. The zero-order chi connectivity index (χ0) is 25.2. The van der Waals surface area contributed by atoms with Gasteiger partial charge in [-0.2, -0.15) is 4.31 Å². The van der Waals surface area contributed by atoms with E-state index in [4.69, 9.17) is 4.74 Å². The van der Waals surface area contributed by atoms with Gasteiger partial charge < -0.3 is 4.74 Å². The van der Waals surface area contributed by atoms with E-state index in [1.54, 1.807) is 12.1 Å². The minimum Gasteiger partial charge on any atom is -0.379 e. The molecule has 2 fully saturated rings. The number of morpholine rings is 1. The van der Waals surface area contributed by atoms with Gasteiger partial charge in [0.25, 0.3) is 5.91 Å². The van der Waals surface area contributed by atoms with Crippen LogP contribution in [0.15, 0.2) is 53.4 Å². The number of sulfonamides is 1. The minimum atomic E-state index is -4.17. The Morgan fingerprint density at radius 1 is 1.03 bits per heavy atom. The molecule has 2 heterocycles. The number of imide groups is 1. The van der Waals surface area contributed by atoms with E-state index in [1.807, 2.05) is 26.0 Å². The molecule has 1 atom stereocenters. The van der Waals surface area contributed by atoms with Crippen LogP contribution in [0.2, 0.25) is 0 Å². The lowest BCUT2D eigenvalue weighted by molar-refractivity contribution is -0.122. The average molecular weight is 504 g/mol. The average Bonchev–Trinajstić information content (AvgIpc) is 3.13. The Morgan fingerprint density at radius 3 is 2.26 bits per heavy atom. The fraction of sp³-hybridized carbons (Fsp3) is 0.440.